The molecule has 1 unspecified atom stereocenters. The smallest absolute Gasteiger partial charge is 0.254 e. The Morgan fingerprint density at radius 3 is 2.78 bits per heavy atom. The maximum Gasteiger partial charge on any atom is 0.254 e. The number of hydrogen-bond donors (Lipinski definition) is 1. The molecule has 0 aromatic heterocycles. The van der Waals surface area contributed by atoms with Crippen LogP contribution in [0, 0.1) is 12.7 Å². The van der Waals surface area contributed by atoms with E-state index in [0.717, 1.165) is 6.42 Å². The lowest BCUT2D eigenvalue weighted by atomic mass is 10.1. The van der Waals surface area contributed by atoms with E-state index in [-0.39, 0.29) is 11.5 Å². The molecule has 1 aromatic carbocycles. The fraction of sp³-hybridized carbons (Fsp3) is 0.385. The van der Waals surface area contributed by atoms with Gasteiger partial charge in [-0.1, -0.05) is 6.07 Å². The predicted octanol–water partition coefficient (Wildman–Crippen LogP) is 1.22. The van der Waals surface area contributed by atoms with Crippen LogP contribution in [0.3, 0.4) is 0 Å². The number of carbonyl (C=O) groups is 2. The fourth-order valence-corrected chi connectivity index (χ4v) is 2.20. The van der Waals surface area contributed by atoms with Crippen molar-refractivity contribution in [3.05, 3.63) is 35.1 Å². The number of amides is 2. The van der Waals surface area contributed by atoms with Crippen molar-refractivity contribution in [2.24, 2.45) is 5.73 Å². The van der Waals surface area contributed by atoms with Gasteiger partial charge in [0.05, 0.1) is 0 Å². The molecule has 0 spiro atoms. The first-order valence-corrected chi connectivity index (χ1v) is 5.87. The number of carbonyl (C=O) groups excluding carboxylic acids is 2. The number of rotatable bonds is 2. The molecular formula is C13H15FN2O2. The summed E-state index contributed by atoms with van der Waals surface area (Å²) in [6, 6.07) is 3.75. The molecule has 1 saturated heterocycles. The summed E-state index contributed by atoms with van der Waals surface area (Å²) < 4.78 is 13.4. The van der Waals surface area contributed by atoms with E-state index < -0.39 is 17.8 Å². The Labute approximate surface area is 105 Å². The molecule has 5 heteroatoms. The van der Waals surface area contributed by atoms with Crippen molar-refractivity contribution in [2.75, 3.05) is 6.54 Å². The number of benzene rings is 1. The molecule has 1 atom stereocenters. The zero-order valence-electron chi connectivity index (χ0n) is 10.1. The molecule has 0 aliphatic carbocycles. The Morgan fingerprint density at radius 1 is 1.44 bits per heavy atom. The van der Waals surface area contributed by atoms with Crippen molar-refractivity contribution < 1.29 is 14.0 Å². The zero-order chi connectivity index (χ0) is 13.3. The second kappa shape index (κ2) is 4.76. The number of nitrogens with two attached hydrogens (primary N) is 1. The van der Waals surface area contributed by atoms with Gasteiger partial charge < -0.3 is 10.6 Å². The minimum Gasteiger partial charge on any atom is -0.368 e. The Bertz CT molecular complexity index is 502. The van der Waals surface area contributed by atoms with Gasteiger partial charge in [0.1, 0.15) is 11.9 Å². The first kappa shape index (κ1) is 12.5. The second-order valence-corrected chi connectivity index (χ2v) is 4.52. The molecule has 1 aliphatic rings. The zero-order valence-corrected chi connectivity index (χ0v) is 10.1. The Morgan fingerprint density at radius 2 is 2.17 bits per heavy atom. The molecule has 2 N–H and O–H groups in total. The summed E-state index contributed by atoms with van der Waals surface area (Å²) >= 11 is 0. The molecule has 4 nitrogen and oxygen atoms in total. The minimum absolute atomic E-state index is 0.256. The summed E-state index contributed by atoms with van der Waals surface area (Å²) in [4.78, 5) is 24.8. The van der Waals surface area contributed by atoms with Gasteiger partial charge in [-0.2, -0.15) is 0 Å². The van der Waals surface area contributed by atoms with Gasteiger partial charge in [0, 0.05) is 12.1 Å². The van der Waals surface area contributed by atoms with Gasteiger partial charge in [-0.15, -0.1) is 0 Å². The summed E-state index contributed by atoms with van der Waals surface area (Å²) in [6.07, 6.45) is 1.32. The molecule has 2 amide bonds. The summed E-state index contributed by atoms with van der Waals surface area (Å²) in [5.74, 6) is -1.26. The highest BCUT2D eigenvalue weighted by molar-refractivity contribution is 5.97. The Balaban J connectivity index is 2.25. The van der Waals surface area contributed by atoms with E-state index in [1.54, 1.807) is 19.1 Å². The lowest BCUT2D eigenvalue weighted by Gasteiger charge is -2.22. The van der Waals surface area contributed by atoms with Crippen LogP contribution in [0.4, 0.5) is 4.39 Å². The maximum absolute atomic E-state index is 13.4. The van der Waals surface area contributed by atoms with Crippen LogP contribution in [0.5, 0.6) is 0 Å². The number of halogens is 1. The summed E-state index contributed by atoms with van der Waals surface area (Å²) in [5, 5.41) is 0. The first-order chi connectivity index (χ1) is 8.50. The van der Waals surface area contributed by atoms with Crippen LogP contribution in [0.25, 0.3) is 0 Å². The monoisotopic (exact) mass is 250 g/mol. The standard InChI is InChI=1S/C13H15FN2O2/c1-8-4-5-9(7-10(8)14)13(18)16-6-2-3-11(16)12(15)17/h4-5,7,11H,2-3,6H2,1H3,(H2,15,17). The van der Waals surface area contributed by atoms with E-state index in [9.17, 15) is 14.0 Å². The van der Waals surface area contributed by atoms with Crippen LogP contribution in [-0.2, 0) is 4.79 Å². The van der Waals surface area contributed by atoms with Crippen molar-refractivity contribution in [1.29, 1.82) is 0 Å². The van der Waals surface area contributed by atoms with E-state index in [0.29, 0.717) is 18.5 Å². The second-order valence-electron chi connectivity index (χ2n) is 4.52. The molecule has 1 aliphatic heterocycles. The normalized spacial score (nSPS) is 19.0. The van der Waals surface area contributed by atoms with E-state index in [1.165, 1.54) is 11.0 Å². The highest BCUT2D eigenvalue weighted by Crippen LogP contribution is 2.20. The summed E-state index contributed by atoms with van der Waals surface area (Å²) in [7, 11) is 0. The molecule has 0 bridgehead atoms. The minimum atomic E-state index is -0.568. The number of likely N-dealkylation sites (tertiary alicyclic amines) is 1. The van der Waals surface area contributed by atoms with Gasteiger partial charge in [-0.05, 0) is 37.5 Å². The Hall–Kier alpha value is -1.91. The quantitative estimate of drug-likeness (QED) is 0.857. The average Bonchev–Trinajstić information content (AvgIpc) is 2.81. The molecule has 1 aromatic rings. The van der Waals surface area contributed by atoms with Crippen molar-refractivity contribution in [3.8, 4) is 0 Å². The highest BCUT2D eigenvalue weighted by atomic mass is 19.1. The molecule has 1 heterocycles. The third-order valence-corrected chi connectivity index (χ3v) is 3.26. The molecule has 1 fully saturated rings. The van der Waals surface area contributed by atoms with Crippen molar-refractivity contribution in [3.63, 3.8) is 0 Å². The molecule has 2 rings (SSSR count). The van der Waals surface area contributed by atoms with Crippen molar-refractivity contribution >= 4 is 11.8 Å². The van der Waals surface area contributed by atoms with Gasteiger partial charge in [0.15, 0.2) is 0 Å². The molecular weight excluding hydrogens is 235 g/mol. The van der Waals surface area contributed by atoms with Gasteiger partial charge in [0.25, 0.3) is 5.91 Å². The third-order valence-electron chi connectivity index (χ3n) is 3.26. The predicted molar refractivity (Wildman–Crippen MR) is 64.4 cm³/mol. The van der Waals surface area contributed by atoms with E-state index in [2.05, 4.69) is 0 Å². The third kappa shape index (κ3) is 2.20. The first-order valence-electron chi connectivity index (χ1n) is 5.87. The topological polar surface area (TPSA) is 63.4 Å². The number of primary amides is 1. The molecule has 0 saturated carbocycles. The van der Waals surface area contributed by atoms with Crippen molar-refractivity contribution in [2.45, 2.75) is 25.8 Å². The van der Waals surface area contributed by atoms with Gasteiger partial charge in [-0.3, -0.25) is 9.59 Å². The van der Waals surface area contributed by atoms with Crippen LogP contribution in [0.1, 0.15) is 28.8 Å². The largest absolute Gasteiger partial charge is 0.368 e. The number of aryl methyl sites for hydroxylation is 1. The van der Waals surface area contributed by atoms with E-state index in [4.69, 9.17) is 5.73 Å². The van der Waals surface area contributed by atoms with E-state index >= 15 is 0 Å². The van der Waals surface area contributed by atoms with Crippen LogP contribution in [-0.4, -0.2) is 29.3 Å². The SMILES string of the molecule is Cc1ccc(C(=O)N2CCCC2C(N)=O)cc1F. The van der Waals surface area contributed by atoms with E-state index in [1.807, 2.05) is 0 Å². The molecule has 0 radical (unpaired) electrons. The molecule has 96 valence electrons. The Kier molecular flexibility index (Phi) is 3.32. The molecule has 18 heavy (non-hydrogen) atoms. The number of nitrogens with zero attached hydrogens (tertiary/aromatic N) is 1. The van der Waals surface area contributed by atoms with Crippen LogP contribution < -0.4 is 5.73 Å². The van der Waals surface area contributed by atoms with Gasteiger partial charge >= 0.3 is 0 Å². The van der Waals surface area contributed by atoms with Crippen LogP contribution in [0.2, 0.25) is 0 Å². The highest BCUT2D eigenvalue weighted by Gasteiger charge is 2.33. The number of hydrogen-bond acceptors (Lipinski definition) is 2. The summed E-state index contributed by atoms with van der Waals surface area (Å²) in [6.45, 7) is 2.12. The average molecular weight is 250 g/mol. The van der Waals surface area contributed by atoms with Gasteiger partial charge in [0.2, 0.25) is 5.91 Å². The van der Waals surface area contributed by atoms with Gasteiger partial charge in [-0.25, -0.2) is 4.39 Å². The lowest BCUT2D eigenvalue weighted by Crippen LogP contribution is -2.43. The lowest BCUT2D eigenvalue weighted by molar-refractivity contribution is -0.121. The summed E-state index contributed by atoms with van der Waals surface area (Å²) in [5.41, 5.74) is 5.99. The fourth-order valence-electron chi connectivity index (χ4n) is 2.20. The van der Waals surface area contributed by atoms with Crippen LogP contribution >= 0.6 is 0 Å². The van der Waals surface area contributed by atoms with Crippen molar-refractivity contribution in [1.82, 2.24) is 4.90 Å². The maximum atomic E-state index is 13.4. The van der Waals surface area contributed by atoms with Crippen LogP contribution in [0.15, 0.2) is 18.2 Å².